The van der Waals surface area contributed by atoms with Gasteiger partial charge in [-0.3, -0.25) is 14.9 Å². The average Bonchev–Trinajstić information content (AvgIpc) is 3.76. The molecule has 13 nitrogen and oxygen atoms in total. The minimum Gasteiger partial charge on any atom is -0.497 e. The number of amides is 2. The van der Waals surface area contributed by atoms with Gasteiger partial charge in [-0.1, -0.05) is 52.0 Å². The van der Waals surface area contributed by atoms with Crippen molar-refractivity contribution in [1.82, 2.24) is 26.5 Å². The van der Waals surface area contributed by atoms with Gasteiger partial charge in [0.25, 0.3) is 0 Å². The number of benzene rings is 2. The van der Waals surface area contributed by atoms with Crippen molar-refractivity contribution in [1.29, 1.82) is 0 Å². The lowest BCUT2D eigenvalue weighted by Crippen LogP contribution is -2.65. The molecule has 3 saturated carbocycles. The van der Waals surface area contributed by atoms with E-state index in [1.54, 1.807) is 7.11 Å². The molecular formula is C35H51BN6O7. The molecule has 1 unspecified atom stereocenters. The number of fused-ring (bicyclic) bond motifs is 1. The molecule has 5 aliphatic rings. The second-order valence-corrected chi connectivity index (χ2v) is 15.5. The summed E-state index contributed by atoms with van der Waals surface area (Å²) in [5.41, 5.74) is 3.24. The summed E-state index contributed by atoms with van der Waals surface area (Å²) in [6, 6.07) is 10.8. The molecule has 2 aliphatic heterocycles. The quantitative estimate of drug-likeness (QED) is 0.0714. The number of hydrazine groups is 2. The highest BCUT2D eigenvalue weighted by molar-refractivity contribution is 6.48. The van der Waals surface area contributed by atoms with Crippen LogP contribution in [0.1, 0.15) is 85.1 Å². The van der Waals surface area contributed by atoms with E-state index in [2.05, 4.69) is 56.0 Å². The van der Waals surface area contributed by atoms with Gasteiger partial charge in [0.2, 0.25) is 18.1 Å². The van der Waals surface area contributed by atoms with Crippen molar-refractivity contribution in [3.8, 4) is 5.75 Å². The molecule has 4 N–H and O–H groups in total. The number of nitro groups is 1. The Morgan fingerprint density at radius 3 is 2.51 bits per heavy atom. The summed E-state index contributed by atoms with van der Waals surface area (Å²) in [4.78, 5) is 38.8. The molecule has 3 aliphatic carbocycles. The Balaban J connectivity index is 1.15. The third-order valence-electron chi connectivity index (χ3n) is 11.6. The van der Waals surface area contributed by atoms with Crippen LogP contribution in [0, 0.1) is 33.3 Å². The van der Waals surface area contributed by atoms with Crippen LogP contribution in [0.3, 0.4) is 0 Å². The highest BCUT2D eigenvalue weighted by Gasteiger charge is 2.68. The van der Waals surface area contributed by atoms with Crippen molar-refractivity contribution in [3.63, 3.8) is 0 Å². The van der Waals surface area contributed by atoms with E-state index in [0.717, 1.165) is 40.0 Å². The predicted molar refractivity (Wildman–Crippen MR) is 185 cm³/mol. The Morgan fingerprint density at radius 2 is 1.84 bits per heavy atom. The molecule has 49 heavy (non-hydrogen) atoms. The molecule has 2 aromatic rings. The number of hydrogen-bond donors (Lipinski definition) is 4. The Bertz CT molecular complexity index is 1580. The van der Waals surface area contributed by atoms with E-state index >= 15 is 0 Å². The van der Waals surface area contributed by atoms with Crippen LogP contribution in [-0.2, 0) is 18.9 Å². The maximum Gasteiger partial charge on any atom is 0.481 e. The zero-order chi connectivity index (χ0) is 35.2. The first-order chi connectivity index (χ1) is 23.2. The fraction of sp³-hybridized carbons (Fsp3) is 0.657. The molecule has 14 heteroatoms. The Hall–Kier alpha value is -3.46. The van der Waals surface area contributed by atoms with Crippen LogP contribution in [0.4, 0.5) is 0 Å². The first-order valence-electron chi connectivity index (χ1n) is 17.7. The van der Waals surface area contributed by atoms with Gasteiger partial charge in [0, 0.05) is 0 Å². The molecule has 0 aromatic heterocycles. The normalized spacial score (nSPS) is 28.3. The van der Waals surface area contributed by atoms with Gasteiger partial charge in [0.1, 0.15) is 11.8 Å². The minimum atomic E-state index is -0.832. The SMILES string of the molecule is COc1ccc2cc([C@H](C)C(=O)N[C@@H](CCCNC3NN3[N+](=O)[O-])C(=O)N[C@@H](CC(C)C)B3O[C@@H]4C[C@@H]5C[C@@H](C5(C)C)[C@]4(C)O3)ccc2c1. The van der Waals surface area contributed by atoms with Gasteiger partial charge in [0.15, 0.2) is 5.03 Å². The molecule has 7 rings (SSSR count). The number of carbonyl (C=O) groups is 2. The third-order valence-corrected chi connectivity index (χ3v) is 11.6. The maximum atomic E-state index is 14.1. The molecule has 266 valence electrons. The molecule has 5 fully saturated rings. The predicted octanol–water partition coefficient (Wildman–Crippen LogP) is 3.90. The van der Waals surface area contributed by atoms with E-state index in [0.29, 0.717) is 37.6 Å². The summed E-state index contributed by atoms with van der Waals surface area (Å²) < 4.78 is 18.7. The first-order valence-corrected chi connectivity index (χ1v) is 17.7. The summed E-state index contributed by atoms with van der Waals surface area (Å²) in [5.74, 6) is 0.551. The van der Waals surface area contributed by atoms with Crippen molar-refractivity contribution in [2.45, 2.75) is 110 Å². The zero-order valence-corrected chi connectivity index (χ0v) is 29.7. The molecule has 2 aromatic carbocycles. The number of nitrogens with one attached hydrogen (secondary N) is 4. The second-order valence-electron chi connectivity index (χ2n) is 15.5. The van der Waals surface area contributed by atoms with Crippen LogP contribution in [0.25, 0.3) is 10.8 Å². The zero-order valence-electron chi connectivity index (χ0n) is 29.7. The van der Waals surface area contributed by atoms with Gasteiger partial charge in [-0.2, -0.15) is 0 Å². The Morgan fingerprint density at radius 1 is 1.10 bits per heavy atom. The van der Waals surface area contributed by atoms with Gasteiger partial charge >= 0.3 is 7.12 Å². The van der Waals surface area contributed by atoms with E-state index in [1.165, 1.54) is 0 Å². The molecule has 2 saturated heterocycles. The van der Waals surface area contributed by atoms with Crippen LogP contribution in [0.5, 0.6) is 5.75 Å². The summed E-state index contributed by atoms with van der Waals surface area (Å²) in [7, 11) is 1.04. The van der Waals surface area contributed by atoms with E-state index in [-0.39, 0.29) is 29.3 Å². The molecule has 2 heterocycles. The fourth-order valence-electron chi connectivity index (χ4n) is 8.37. The van der Waals surface area contributed by atoms with Gasteiger partial charge in [-0.25, -0.2) is 10.1 Å². The fourth-order valence-corrected chi connectivity index (χ4v) is 8.37. The number of ether oxygens (including phenoxy) is 1. The molecular weight excluding hydrogens is 627 g/mol. The van der Waals surface area contributed by atoms with E-state index in [1.807, 2.05) is 43.3 Å². The second kappa shape index (κ2) is 13.7. The number of methoxy groups -OCH3 is 1. The third kappa shape index (κ3) is 7.10. The smallest absolute Gasteiger partial charge is 0.481 e. The van der Waals surface area contributed by atoms with Gasteiger partial charge < -0.3 is 24.7 Å². The lowest BCUT2D eigenvalue weighted by molar-refractivity contribution is -0.627. The van der Waals surface area contributed by atoms with Crippen LogP contribution < -0.4 is 26.1 Å². The molecule has 0 radical (unpaired) electrons. The standard InChI is InChI=1S/C35H51BN6O7/c1-20(2)15-30(36-48-29-19-25-18-28(34(25,4)5)35(29,6)49-36)39-32(44)27(9-8-14-37-33-40-41(33)42(45)46)38-31(43)21(3)22-10-11-24-17-26(47-7)13-12-23(24)16-22/h10-13,16-17,20-21,25,27-30,33,37,40H,8-9,14-15,18-19H2,1-7H3,(H,38,43)(H,39,44)/t21-,25-,27-,28-,29+,30-,33?,35-,41?/m0/s1. The van der Waals surface area contributed by atoms with Crippen LogP contribution in [-0.4, -0.2) is 72.7 Å². The summed E-state index contributed by atoms with van der Waals surface area (Å²) >= 11 is 0. The van der Waals surface area contributed by atoms with Crippen LogP contribution in [0.15, 0.2) is 36.4 Å². The lowest BCUT2D eigenvalue weighted by atomic mass is 9.43. The lowest BCUT2D eigenvalue weighted by Gasteiger charge is -2.64. The van der Waals surface area contributed by atoms with E-state index < -0.39 is 41.9 Å². The van der Waals surface area contributed by atoms with Crippen molar-refractivity contribution >= 4 is 29.7 Å². The van der Waals surface area contributed by atoms with Crippen LogP contribution >= 0.6 is 0 Å². The summed E-state index contributed by atoms with van der Waals surface area (Å²) in [6.07, 6.45) is 3.00. The van der Waals surface area contributed by atoms with Crippen molar-refractivity contribution < 1.29 is 28.7 Å². The highest BCUT2D eigenvalue weighted by atomic mass is 16.7. The minimum absolute atomic E-state index is 0.0129. The Labute approximate surface area is 288 Å². The maximum absolute atomic E-state index is 14.1. The largest absolute Gasteiger partial charge is 0.497 e. The number of carbonyl (C=O) groups excluding carboxylic acids is 2. The molecule has 8 atom stereocenters. The number of hydrogen-bond acceptors (Lipinski definition) is 9. The molecule has 2 bridgehead atoms. The summed E-state index contributed by atoms with van der Waals surface area (Å²) in [5, 5.41) is 22.6. The monoisotopic (exact) mass is 678 g/mol. The van der Waals surface area contributed by atoms with Gasteiger partial charge in [-0.15, -0.1) is 5.43 Å². The number of nitrogens with zero attached hydrogens (tertiary/aromatic N) is 2. The van der Waals surface area contributed by atoms with Crippen molar-refractivity contribution in [2.24, 2.45) is 23.2 Å². The van der Waals surface area contributed by atoms with Gasteiger partial charge in [0.05, 0.1) is 30.7 Å². The van der Waals surface area contributed by atoms with Crippen molar-refractivity contribution in [3.05, 3.63) is 52.1 Å². The molecule has 2 amide bonds. The Kier molecular flexibility index (Phi) is 9.88. The van der Waals surface area contributed by atoms with E-state index in [9.17, 15) is 19.7 Å². The van der Waals surface area contributed by atoms with Crippen molar-refractivity contribution in [2.75, 3.05) is 13.7 Å². The van der Waals surface area contributed by atoms with Gasteiger partial charge in [-0.05, 0) is 109 Å². The average molecular weight is 679 g/mol. The summed E-state index contributed by atoms with van der Waals surface area (Å²) in [6.45, 7) is 13.3. The first kappa shape index (κ1) is 35.4. The topological polar surface area (TPSA) is 166 Å². The molecule has 0 spiro atoms. The highest BCUT2D eigenvalue weighted by Crippen LogP contribution is 2.65. The van der Waals surface area contributed by atoms with Crippen LogP contribution in [0.2, 0.25) is 0 Å². The van der Waals surface area contributed by atoms with E-state index in [4.69, 9.17) is 14.0 Å². The number of rotatable bonds is 15.